The van der Waals surface area contributed by atoms with Crippen LogP contribution in [0.3, 0.4) is 0 Å². The fourth-order valence-electron chi connectivity index (χ4n) is 1.59. The zero-order valence-corrected chi connectivity index (χ0v) is 10.00. The number of aromatic hydroxyl groups is 1. The second-order valence-electron chi connectivity index (χ2n) is 3.77. The fraction of sp³-hybridized carbons (Fsp3) is 0.250. The van der Waals surface area contributed by atoms with Crippen LogP contribution >= 0.6 is 0 Å². The van der Waals surface area contributed by atoms with Gasteiger partial charge in [0.05, 0.1) is 6.54 Å². The highest BCUT2D eigenvalue weighted by Crippen LogP contribution is 2.10. The number of carbonyl (C=O) groups excluding carboxylic acids is 1. The van der Waals surface area contributed by atoms with Crippen LogP contribution in [0.5, 0.6) is 5.75 Å². The number of nitrogens with zero attached hydrogens (tertiary/aromatic N) is 3. The van der Waals surface area contributed by atoms with Crippen LogP contribution in [-0.4, -0.2) is 25.8 Å². The van der Waals surface area contributed by atoms with Crippen molar-refractivity contribution in [3.63, 3.8) is 0 Å². The van der Waals surface area contributed by atoms with E-state index >= 15 is 0 Å². The Labute approximate surface area is 104 Å². The number of aromatic nitrogens is 3. The van der Waals surface area contributed by atoms with Crippen molar-refractivity contribution in [1.29, 1.82) is 0 Å². The third kappa shape index (κ3) is 2.65. The molecule has 6 nitrogen and oxygen atoms in total. The highest BCUT2D eigenvalue weighted by atomic mass is 16.3. The summed E-state index contributed by atoms with van der Waals surface area (Å²) in [5.41, 5.74) is 0.414. The lowest BCUT2D eigenvalue weighted by molar-refractivity contribution is 0.0949. The van der Waals surface area contributed by atoms with Crippen LogP contribution in [0.2, 0.25) is 0 Å². The normalized spacial score (nSPS) is 10.3. The van der Waals surface area contributed by atoms with Gasteiger partial charge in [0.2, 0.25) is 0 Å². The summed E-state index contributed by atoms with van der Waals surface area (Å²) in [6, 6.07) is 6.20. The number of aryl methyl sites for hydroxylation is 1. The molecule has 0 bridgehead atoms. The molecule has 2 N–H and O–H groups in total. The zero-order chi connectivity index (χ0) is 13.0. The number of hydrogen-bond acceptors (Lipinski definition) is 4. The summed E-state index contributed by atoms with van der Waals surface area (Å²) < 4.78 is 1.85. The van der Waals surface area contributed by atoms with Crippen molar-refractivity contribution in [2.75, 3.05) is 0 Å². The van der Waals surface area contributed by atoms with E-state index in [9.17, 15) is 9.90 Å². The maximum atomic E-state index is 11.8. The van der Waals surface area contributed by atoms with E-state index in [2.05, 4.69) is 15.5 Å². The monoisotopic (exact) mass is 246 g/mol. The Hall–Kier alpha value is -2.37. The fourth-order valence-corrected chi connectivity index (χ4v) is 1.59. The van der Waals surface area contributed by atoms with Gasteiger partial charge in [-0.3, -0.25) is 4.79 Å². The Bertz CT molecular complexity index is 551. The SMILES string of the molecule is CCn1cnnc1CNC(=O)c1cccc(O)c1. The predicted octanol–water partition coefficient (Wildman–Crippen LogP) is 0.934. The molecule has 0 saturated heterocycles. The van der Waals surface area contributed by atoms with Crippen LogP contribution in [0.1, 0.15) is 23.1 Å². The topological polar surface area (TPSA) is 80.0 Å². The lowest BCUT2D eigenvalue weighted by Crippen LogP contribution is -2.24. The number of phenolic OH excluding ortho intramolecular Hbond substituents is 1. The summed E-state index contributed by atoms with van der Waals surface area (Å²) in [6.07, 6.45) is 1.62. The van der Waals surface area contributed by atoms with Crippen molar-refractivity contribution in [3.05, 3.63) is 42.0 Å². The molecule has 1 aromatic heterocycles. The molecule has 94 valence electrons. The lowest BCUT2D eigenvalue weighted by Gasteiger charge is -2.06. The molecule has 18 heavy (non-hydrogen) atoms. The Kier molecular flexibility index (Phi) is 3.57. The van der Waals surface area contributed by atoms with E-state index < -0.39 is 0 Å². The van der Waals surface area contributed by atoms with Crippen LogP contribution in [0.4, 0.5) is 0 Å². The molecule has 0 atom stereocenters. The predicted molar refractivity (Wildman–Crippen MR) is 65.0 cm³/mol. The number of benzene rings is 1. The lowest BCUT2D eigenvalue weighted by atomic mass is 10.2. The van der Waals surface area contributed by atoms with Crippen LogP contribution in [0.15, 0.2) is 30.6 Å². The molecule has 2 aromatic rings. The first-order chi connectivity index (χ1) is 8.70. The number of carbonyl (C=O) groups is 1. The van der Waals surface area contributed by atoms with Crippen molar-refractivity contribution in [1.82, 2.24) is 20.1 Å². The van der Waals surface area contributed by atoms with E-state index in [0.29, 0.717) is 17.9 Å². The van der Waals surface area contributed by atoms with Gasteiger partial charge in [-0.05, 0) is 25.1 Å². The summed E-state index contributed by atoms with van der Waals surface area (Å²) in [6.45, 7) is 3.04. The number of rotatable bonds is 4. The summed E-state index contributed by atoms with van der Waals surface area (Å²) >= 11 is 0. The number of phenols is 1. The summed E-state index contributed by atoms with van der Waals surface area (Å²) in [7, 11) is 0. The van der Waals surface area contributed by atoms with Crippen LogP contribution < -0.4 is 5.32 Å². The Balaban J connectivity index is 2.00. The molecule has 0 unspecified atom stereocenters. The molecule has 0 aliphatic rings. The minimum Gasteiger partial charge on any atom is -0.508 e. The van der Waals surface area contributed by atoms with E-state index in [1.807, 2.05) is 11.5 Å². The maximum Gasteiger partial charge on any atom is 0.251 e. The summed E-state index contributed by atoms with van der Waals surface area (Å²) in [5, 5.41) is 19.7. The average Bonchev–Trinajstić information content (AvgIpc) is 2.83. The second-order valence-corrected chi connectivity index (χ2v) is 3.77. The minimum atomic E-state index is -0.253. The van der Waals surface area contributed by atoms with Crippen molar-refractivity contribution < 1.29 is 9.90 Å². The van der Waals surface area contributed by atoms with Gasteiger partial charge in [0, 0.05) is 12.1 Å². The van der Waals surface area contributed by atoms with Crippen molar-refractivity contribution >= 4 is 5.91 Å². The first kappa shape index (κ1) is 12.1. The Morgan fingerprint density at radius 3 is 3.06 bits per heavy atom. The van der Waals surface area contributed by atoms with Gasteiger partial charge < -0.3 is 15.0 Å². The molecule has 0 radical (unpaired) electrons. The number of amides is 1. The van der Waals surface area contributed by atoms with Crippen LogP contribution in [0, 0.1) is 0 Å². The molecule has 1 aromatic carbocycles. The molecule has 2 rings (SSSR count). The van der Waals surface area contributed by atoms with E-state index in [1.54, 1.807) is 18.5 Å². The molecule has 0 aliphatic heterocycles. The first-order valence-electron chi connectivity index (χ1n) is 5.64. The van der Waals surface area contributed by atoms with Gasteiger partial charge in [0.1, 0.15) is 12.1 Å². The molecule has 0 saturated carbocycles. The minimum absolute atomic E-state index is 0.0689. The molecular formula is C12H14N4O2. The van der Waals surface area contributed by atoms with Gasteiger partial charge in [-0.2, -0.15) is 0 Å². The first-order valence-corrected chi connectivity index (χ1v) is 5.64. The maximum absolute atomic E-state index is 11.8. The van der Waals surface area contributed by atoms with Crippen molar-refractivity contribution in [2.45, 2.75) is 20.0 Å². The van der Waals surface area contributed by atoms with Gasteiger partial charge in [-0.15, -0.1) is 10.2 Å². The molecule has 6 heteroatoms. The van der Waals surface area contributed by atoms with Crippen LogP contribution in [-0.2, 0) is 13.1 Å². The number of nitrogens with one attached hydrogen (secondary N) is 1. The smallest absolute Gasteiger partial charge is 0.251 e. The quantitative estimate of drug-likeness (QED) is 0.841. The van der Waals surface area contributed by atoms with Gasteiger partial charge >= 0.3 is 0 Å². The Morgan fingerprint density at radius 2 is 2.33 bits per heavy atom. The summed E-state index contributed by atoms with van der Waals surface area (Å²) in [4.78, 5) is 11.8. The van der Waals surface area contributed by atoms with Gasteiger partial charge in [0.25, 0.3) is 5.91 Å². The summed E-state index contributed by atoms with van der Waals surface area (Å²) in [5.74, 6) is 0.516. The second kappa shape index (κ2) is 5.31. The third-order valence-corrected chi connectivity index (χ3v) is 2.55. The molecule has 0 fully saturated rings. The van der Waals surface area contributed by atoms with Gasteiger partial charge in [-0.1, -0.05) is 6.07 Å². The molecule has 0 aliphatic carbocycles. The molecular weight excluding hydrogens is 232 g/mol. The van der Waals surface area contributed by atoms with Crippen LogP contribution in [0.25, 0.3) is 0 Å². The highest BCUT2D eigenvalue weighted by molar-refractivity contribution is 5.94. The van der Waals surface area contributed by atoms with E-state index in [-0.39, 0.29) is 11.7 Å². The number of hydrogen-bond donors (Lipinski definition) is 2. The molecule has 0 spiro atoms. The average molecular weight is 246 g/mol. The van der Waals surface area contributed by atoms with Crippen molar-refractivity contribution in [2.24, 2.45) is 0 Å². The van der Waals surface area contributed by atoms with Gasteiger partial charge in [0.15, 0.2) is 5.82 Å². The highest BCUT2D eigenvalue weighted by Gasteiger charge is 2.08. The largest absolute Gasteiger partial charge is 0.508 e. The standard InChI is InChI=1S/C12H14N4O2/c1-2-16-8-14-15-11(16)7-13-12(18)9-4-3-5-10(17)6-9/h3-6,8,17H,2,7H2,1H3,(H,13,18). The van der Waals surface area contributed by atoms with E-state index in [1.165, 1.54) is 12.1 Å². The van der Waals surface area contributed by atoms with E-state index in [4.69, 9.17) is 0 Å². The molecule has 1 amide bonds. The van der Waals surface area contributed by atoms with Gasteiger partial charge in [-0.25, -0.2) is 0 Å². The molecule has 1 heterocycles. The van der Waals surface area contributed by atoms with Crippen molar-refractivity contribution in [3.8, 4) is 5.75 Å². The Morgan fingerprint density at radius 1 is 1.50 bits per heavy atom. The van der Waals surface area contributed by atoms with E-state index in [0.717, 1.165) is 6.54 Å². The zero-order valence-electron chi connectivity index (χ0n) is 10.00. The third-order valence-electron chi connectivity index (χ3n) is 2.55.